The van der Waals surface area contributed by atoms with Gasteiger partial charge in [0, 0.05) is 42.6 Å². The standard InChI is InChI=1S/C25H21Cl2FN4O2S/c26-16-5-10-19(21(27)15-16)23(33)30-25(35)29-17-6-8-18(9-7-17)31-11-13-32(14-12-31)24(34)20-3-1-2-4-22(20)28/h1-10,15H,11-14H2,(H2,29,30,33,35). The molecule has 4 rings (SSSR count). The lowest BCUT2D eigenvalue weighted by Crippen LogP contribution is -2.49. The minimum atomic E-state index is -0.506. The Morgan fingerprint density at radius 3 is 2.23 bits per heavy atom. The number of benzene rings is 3. The maximum atomic E-state index is 13.9. The molecule has 0 aliphatic carbocycles. The van der Waals surface area contributed by atoms with Crippen molar-refractivity contribution in [3.8, 4) is 0 Å². The third kappa shape index (κ3) is 6.08. The Morgan fingerprint density at radius 1 is 0.886 bits per heavy atom. The first-order valence-electron chi connectivity index (χ1n) is 10.8. The van der Waals surface area contributed by atoms with E-state index in [1.165, 1.54) is 24.3 Å². The van der Waals surface area contributed by atoms with Gasteiger partial charge in [0.1, 0.15) is 5.82 Å². The fraction of sp³-hybridized carbons (Fsp3) is 0.160. The van der Waals surface area contributed by atoms with Crippen molar-refractivity contribution < 1.29 is 14.0 Å². The maximum Gasteiger partial charge on any atom is 0.258 e. The molecule has 0 atom stereocenters. The molecule has 10 heteroatoms. The van der Waals surface area contributed by atoms with Gasteiger partial charge in [-0.15, -0.1) is 0 Å². The lowest BCUT2D eigenvalue weighted by atomic mass is 10.1. The van der Waals surface area contributed by atoms with Crippen molar-refractivity contribution in [2.75, 3.05) is 36.4 Å². The Hall–Kier alpha value is -3.20. The van der Waals surface area contributed by atoms with Crippen molar-refractivity contribution in [1.29, 1.82) is 0 Å². The van der Waals surface area contributed by atoms with Crippen LogP contribution in [-0.2, 0) is 0 Å². The third-order valence-corrected chi connectivity index (χ3v) is 6.32. The number of hydrogen-bond donors (Lipinski definition) is 2. The van der Waals surface area contributed by atoms with Crippen LogP contribution in [0.4, 0.5) is 15.8 Å². The van der Waals surface area contributed by atoms with E-state index in [1.54, 1.807) is 23.1 Å². The molecule has 0 aromatic heterocycles. The number of nitrogens with one attached hydrogen (secondary N) is 2. The number of piperazine rings is 1. The molecule has 1 heterocycles. The summed E-state index contributed by atoms with van der Waals surface area (Å²) in [6.45, 7) is 2.25. The summed E-state index contributed by atoms with van der Waals surface area (Å²) in [4.78, 5) is 28.8. The monoisotopic (exact) mass is 530 g/mol. The van der Waals surface area contributed by atoms with Crippen molar-refractivity contribution in [1.82, 2.24) is 10.2 Å². The van der Waals surface area contributed by atoms with Crippen molar-refractivity contribution >= 4 is 63.7 Å². The van der Waals surface area contributed by atoms with Crippen LogP contribution >= 0.6 is 35.4 Å². The first-order chi connectivity index (χ1) is 16.8. The lowest BCUT2D eigenvalue weighted by Gasteiger charge is -2.36. The molecule has 35 heavy (non-hydrogen) atoms. The van der Waals surface area contributed by atoms with E-state index in [0.29, 0.717) is 36.9 Å². The number of halogens is 3. The van der Waals surface area contributed by atoms with Gasteiger partial charge < -0.3 is 15.1 Å². The second kappa shape index (κ2) is 11.0. The van der Waals surface area contributed by atoms with Gasteiger partial charge in [-0.1, -0.05) is 35.3 Å². The number of carbonyl (C=O) groups is 2. The molecule has 1 fully saturated rings. The van der Waals surface area contributed by atoms with Crippen molar-refractivity contribution in [3.63, 3.8) is 0 Å². The minimum absolute atomic E-state index is 0.0952. The molecule has 3 aromatic carbocycles. The predicted molar refractivity (Wildman–Crippen MR) is 141 cm³/mol. The van der Waals surface area contributed by atoms with Gasteiger partial charge >= 0.3 is 0 Å². The van der Waals surface area contributed by atoms with E-state index in [1.807, 2.05) is 24.3 Å². The Balaban J connectivity index is 1.30. The molecule has 180 valence electrons. The van der Waals surface area contributed by atoms with Crippen molar-refractivity contribution in [2.24, 2.45) is 0 Å². The van der Waals surface area contributed by atoms with Gasteiger partial charge in [-0.25, -0.2) is 4.39 Å². The number of carbonyl (C=O) groups excluding carboxylic acids is 2. The number of amides is 2. The second-order valence-corrected chi connectivity index (χ2v) is 9.09. The zero-order valence-electron chi connectivity index (χ0n) is 18.4. The van der Waals surface area contributed by atoms with E-state index in [2.05, 4.69) is 15.5 Å². The molecule has 6 nitrogen and oxygen atoms in total. The third-order valence-electron chi connectivity index (χ3n) is 5.56. The fourth-order valence-electron chi connectivity index (χ4n) is 3.73. The molecule has 1 saturated heterocycles. The smallest absolute Gasteiger partial charge is 0.258 e. The summed E-state index contributed by atoms with van der Waals surface area (Å²) in [5, 5.41) is 6.37. The van der Waals surface area contributed by atoms with Crippen LogP contribution < -0.4 is 15.5 Å². The van der Waals surface area contributed by atoms with Crippen LogP contribution in [0.25, 0.3) is 0 Å². The Kier molecular flexibility index (Phi) is 7.85. The summed E-state index contributed by atoms with van der Waals surface area (Å²) in [6.07, 6.45) is 0. The molecule has 0 radical (unpaired) electrons. The average molecular weight is 531 g/mol. The zero-order chi connectivity index (χ0) is 24.9. The number of hydrogen-bond acceptors (Lipinski definition) is 4. The highest BCUT2D eigenvalue weighted by Crippen LogP contribution is 2.22. The van der Waals surface area contributed by atoms with Gasteiger partial charge in [0.2, 0.25) is 0 Å². The number of nitrogens with zero attached hydrogens (tertiary/aromatic N) is 2. The molecule has 0 spiro atoms. The first-order valence-corrected chi connectivity index (χ1v) is 11.9. The van der Waals surface area contributed by atoms with E-state index in [0.717, 1.165) is 5.69 Å². The first kappa shape index (κ1) is 24.9. The van der Waals surface area contributed by atoms with Crippen LogP contribution in [0.15, 0.2) is 66.7 Å². The summed E-state index contributed by atoms with van der Waals surface area (Å²) in [7, 11) is 0. The van der Waals surface area contributed by atoms with Crippen LogP contribution in [-0.4, -0.2) is 48.0 Å². The summed E-state index contributed by atoms with van der Waals surface area (Å²) in [5.74, 6) is -1.24. The van der Waals surface area contributed by atoms with E-state index in [-0.39, 0.29) is 27.2 Å². The van der Waals surface area contributed by atoms with E-state index >= 15 is 0 Å². The molecular formula is C25H21Cl2FN4O2S. The van der Waals surface area contributed by atoms with E-state index < -0.39 is 11.7 Å². The maximum absolute atomic E-state index is 13.9. The molecule has 0 unspecified atom stereocenters. The molecule has 0 bridgehead atoms. The summed E-state index contributed by atoms with van der Waals surface area (Å²) in [5.41, 5.74) is 2.05. The van der Waals surface area contributed by atoms with Gasteiger partial charge in [0.15, 0.2) is 5.11 Å². The van der Waals surface area contributed by atoms with Gasteiger partial charge in [0.05, 0.1) is 16.1 Å². The Morgan fingerprint density at radius 2 is 1.57 bits per heavy atom. The van der Waals surface area contributed by atoms with Crippen molar-refractivity contribution in [2.45, 2.75) is 0 Å². The minimum Gasteiger partial charge on any atom is -0.368 e. The van der Waals surface area contributed by atoms with Gasteiger partial charge in [-0.05, 0) is 66.8 Å². The summed E-state index contributed by atoms with van der Waals surface area (Å²) in [6, 6.07) is 18.2. The van der Waals surface area contributed by atoms with Gasteiger partial charge in [-0.2, -0.15) is 0 Å². The Labute approximate surface area is 217 Å². The van der Waals surface area contributed by atoms with Crippen LogP contribution in [0.5, 0.6) is 0 Å². The highest BCUT2D eigenvalue weighted by atomic mass is 35.5. The summed E-state index contributed by atoms with van der Waals surface area (Å²) >= 11 is 17.2. The van der Waals surface area contributed by atoms with Crippen molar-refractivity contribution in [3.05, 3.63) is 93.7 Å². The average Bonchev–Trinajstić information content (AvgIpc) is 2.84. The van der Waals surface area contributed by atoms with Gasteiger partial charge in [0.25, 0.3) is 11.8 Å². The molecule has 1 aliphatic heterocycles. The second-order valence-electron chi connectivity index (χ2n) is 7.84. The van der Waals surface area contributed by atoms with E-state index in [4.69, 9.17) is 35.4 Å². The topological polar surface area (TPSA) is 64.7 Å². The normalized spacial score (nSPS) is 13.3. The molecule has 2 amide bonds. The summed E-state index contributed by atoms with van der Waals surface area (Å²) < 4.78 is 13.9. The highest BCUT2D eigenvalue weighted by Gasteiger charge is 2.24. The zero-order valence-corrected chi connectivity index (χ0v) is 20.8. The van der Waals surface area contributed by atoms with Crippen LogP contribution in [0.3, 0.4) is 0 Å². The molecule has 0 saturated carbocycles. The molecule has 1 aliphatic rings. The highest BCUT2D eigenvalue weighted by molar-refractivity contribution is 7.80. The van der Waals surface area contributed by atoms with Crippen LogP contribution in [0.1, 0.15) is 20.7 Å². The molecule has 3 aromatic rings. The Bertz CT molecular complexity index is 1260. The predicted octanol–water partition coefficient (Wildman–Crippen LogP) is 5.22. The van der Waals surface area contributed by atoms with E-state index in [9.17, 15) is 14.0 Å². The number of rotatable bonds is 4. The lowest BCUT2D eigenvalue weighted by molar-refractivity contribution is 0.0742. The molecular weight excluding hydrogens is 510 g/mol. The van der Waals surface area contributed by atoms with Crippen LogP contribution in [0, 0.1) is 5.82 Å². The number of anilines is 2. The SMILES string of the molecule is O=C(NC(=S)Nc1ccc(N2CCN(C(=O)c3ccccc3F)CC2)cc1)c1ccc(Cl)cc1Cl. The fourth-order valence-corrected chi connectivity index (χ4v) is 4.44. The van der Waals surface area contributed by atoms with Gasteiger partial charge in [-0.3, -0.25) is 14.9 Å². The molecule has 2 N–H and O–H groups in total. The van der Waals surface area contributed by atoms with Crippen LogP contribution in [0.2, 0.25) is 10.0 Å². The number of thiocarbonyl (C=S) groups is 1. The quantitative estimate of drug-likeness (QED) is 0.452. The largest absolute Gasteiger partial charge is 0.368 e.